The molecule has 0 spiro atoms. The van der Waals surface area contributed by atoms with Gasteiger partial charge in [-0.2, -0.15) is 0 Å². The molecule has 0 N–H and O–H groups in total. The van der Waals surface area contributed by atoms with Gasteiger partial charge >= 0.3 is 0 Å². The smallest absolute Gasteiger partial charge is 0.293 e. The summed E-state index contributed by atoms with van der Waals surface area (Å²) in [7, 11) is 0. The predicted molar refractivity (Wildman–Crippen MR) is 127 cm³/mol. The van der Waals surface area contributed by atoms with E-state index in [1.807, 2.05) is 0 Å². The van der Waals surface area contributed by atoms with E-state index in [0.29, 0.717) is 26.8 Å². The number of hydrogen-bond donors (Lipinski definition) is 0. The summed E-state index contributed by atoms with van der Waals surface area (Å²) in [4.78, 5) is 37.0. The van der Waals surface area contributed by atoms with Crippen molar-refractivity contribution in [1.82, 2.24) is 4.90 Å². The van der Waals surface area contributed by atoms with Crippen molar-refractivity contribution in [2.75, 3.05) is 0 Å². The van der Waals surface area contributed by atoms with E-state index >= 15 is 0 Å². The number of nitro benzene ring substituents is 1. The first-order valence-electron chi connectivity index (χ1n) is 9.86. The van der Waals surface area contributed by atoms with Gasteiger partial charge in [-0.15, -0.1) is 0 Å². The predicted octanol–water partition coefficient (Wildman–Crippen LogP) is 6.06. The Hall–Kier alpha value is -3.62. The van der Waals surface area contributed by atoms with Crippen LogP contribution in [0.3, 0.4) is 0 Å². The highest BCUT2D eigenvalue weighted by molar-refractivity contribution is 8.18. The van der Waals surface area contributed by atoms with Gasteiger partial charge in [0.1, 0.15) is 12.4 Å². The molecule has 166 valence electrons. The Kier molecular flexibility index (Phi) is 6.76. The number of amides is 2. The number of nitrogens with zero attached hydrogens (tertiary/aromatic N) is 2. The Morgan fingerprint density at radius 1 is 1.03 bits per heavy atom. The summed E-state index contributed by atoms with van der Waals surface area (Å²) in [6.07, 6.45) is 1.65. The minimum atomic E-state index is -0.454. The highest BCUT2D eigenvalue weighted by Gasteiger charge is 2.35. The fraction of sp³-hybridized carbons (Fsp3) is 0.0833. The van der Waals surface area contributed by atoms with Crippen molar-refractivity contribution in [2.24, 2.45) is 0 Å². The lowest BCUT2D eigenvalue weighted by atomic mass is 10.2. The Morgan fingerprint density at radius 2 is 1.79 bits per heavy atom. The van der Waals surface area contributed by atoms with Gasteiger partial charge in [-0.05, 0) is 64.9 Å². The first kappa shape index (κ1) is 22.6. The van der Waals surface area contributed by atoms with Gasteiger partial charge in [0.15, 0.2) is 0 Å². The number of ether oxygens (including phenoxy) is 1. The Morgan fingerprint density at radius 3 is 2.52 bits per heavy atom. The van der Waals surface area contributed by atoms with Crippen molar-refractivity contribution in [3.8, 4) is 5.75 Å². The molecule has 7 nitrogen and oxygen atoms in total. The van der Waals surface area contributed by atoms with Gasteiger partial charge in [-0.25, -0.2) is 0 Å². The van der Waals surface area contributed by atoms with Crippen LogP contribution in [0.1, 0.15) is 16.7 Å². The van der Waals surface area contributed by atoms with E-state index in [9.17, 15) is 19.7 Å². The molecule has 3 aromatic carbocycles. The molecule has 2 amide bonds. The largest absolute Gasteiger partial charge is 0.489 e. The Balaban J connectivity index is 1.44. The maximum atomic E-state index is 12.8. The molecule has 1 saturated heterocycles. The number of non-ortho nitro benzene ring substituents is 1. The molecular formula is C24H17ClN2O5S. The zero-order chi connectivity index (χ0) is 23.4. The fourth-order valence-corrected chi connectivity index (χ4v) is 4.19. The molecule has 0 bridgehead atoms. The highest BCUT2D eigenvalue weighted by Crippen LogP contribution is 2.34. The van der Waals surface area contributed by atoms with Crippen LogP contribution in [0.5, 0.6) is 5.75 Å². The third kappa shape index (κ3) is 5.42. The Bertz CT molecular complexity index is 1260. The number of halogens is 1. The van der Waals surface area contributed by atoms with Gasteiger partial charge in [0.05, 0.1) is 16.4 Å². The van der Waals surface area contributed by atoms with Gasteiger partial charge < -0.3 is 4.74 Å². The van der Waals surface area contributed by atoms with E-state index in [1.54, 1.807) is 66.7 Å². The van der Waals surface area contributed by atoms with E-state index < -0.39 is 4.92 Å². The summed E-state index contributed by atoms with van der Waals surface area (Å²) in [5.74, 6) is 0.194. The number of thioether (sulfide) groups is 1. The number of carbonyl (C=O) groups is 2. The van der Waals surface area contributed by atoms with Crippen LogP contribution in [-0.4, -0.2) is 21.0 Å². The van der Waals surface area contributed by atoms with Crippen LogP contribution in [0.25, 0.3) is 6.08 Å². The minimum absolute atomic E-state index is 0.0178. The van der Waals surface area contributed by atoms with Crippen molar-refractivity contribution < 1.29 is 19.2 Å². The first-order valence-corrected chi connectivity index (χ1v) is 11.0. The maximum Gasteiger partial charge on any atom is 0.293 e. The number of benzene rings is 3. The van der Waals surface area contributed by atoms with Crippen LogP contribution in [0, 0.1) is 10.1 Å². The molecule has 4 rings (SSSR count). The van der Waals surface area contributed by atoms with Gasteiger partial charge in [0.25, 0.3) is 16.8 Å². The SMILES string of the molecule is O=C1S/C(=C\c2cccc(OCc3ccc([N+](=O)[O-])cc3)c2)C(=O)N1Cc1ccccc1Cl. The molecular weight excluding hydrogens is 464 g/mol. The summed E-state index contributed by atoms with van der Waals surface area (Å²) in [6.45, 7) is 0.343. The highest BCUT2D eigenvalue weighted by atomic mass is 35.5. The molecule has 3 aromatic rings. The lowest BCUT2D eigenvalue weighted by Crippen LogP contribution is -2.27. The molecule has 0 unspecified atom stereocenters. The molecule has 0 saturated carbocycles. The summed E-state index contributed by atoms with van der Waals surface area (Å²) >= 11 is 7.04. The molecule has 0 radical (unpaired) electrons. The van der Waals surface area contributed by atoms with Crippen molar-refractivity contribution in [2.45, 2.75) is 13.2 Å². The van der Waals surface area contributed by atoms with E-state index in [-0.39, 0.29) is 30.0 Å². The van der Waals surface area contributed by atoms with Crippen LogP contribution in [0.15, 0.2) is 77.7 Å². The molecule has 1 aliphatic rings. The fourth-order valence-electron chi connectivity index (χ4n) is 3.16. The van der Waals surface area contributed by atoms with Crippen molar-refractivity contribution in [3.05, 3.63) is 110 Å². The molecule has 33 heavy (non-hydrogen) atoms. The van der Waals surface area contributed by atoms with E-state index in [1.165, 1.54) is 17.0 Å². The molecule has 0 aromatic heterocycles. The average molecular weight is 481 g/mol. The molecule has 1 fully saturated rings. The maximum absolute atomic E-state index is 12.8. The number of nitro groups is 1. The summed E-state index contributed by atoms with van der Waals surface area (Å²) in [5, 5.41) is 10.9. The molecule has 0 aliphatic carbocycles. The first-order chi connectivity index (χ1) is 15.9. The third-order valence-electron chi connectivity index (χ3n) is 4.87. The lowest BCUT2D eigenvalue weighted by molar-refractivity contribution is -0.384. The summed E-state index contributed by atoms with van der Waals surface area (Å²) in [6, 6.07) is 20.3. The van der Waals surface area contributed by atoms with Gasteiger partial charge in [-0.3, -0.25) is 24.6 Å². The van der Waals surface area contributed by atoms with Crippen molar-refractivity contribution in [1.29, 1.82) is 0 Å². The number of rotatable bonds is 7. The zero-order valence-corrected chi connectivity index (χ0v) is 18.7. The average Bonchev–Trinajstić information content (AvgIpc) is 3.07. The molecule has 0 atom stereocenters. The van der Waals surface area contributed by atoms with Crippen molar-refractivity contribution >= 4 is 46.3 Å². The monoisotopic (exact) mass is 480 g/mol. The van der Waals surface area contributed by atoms with Crippen LogP contribution in [0.2, 0.25) is 5.02 Å². The third-order valence-corrected chi connectivity index (χ3v) is 6.14. The van der Waals surface area contributed by atoms with Crippen LogP contribution >= 0.6 is 23.4 Å². The number of hydrogen-bond acceptors (Lipinski definition) is 6. The van der Waals surface area contributed by atoms with Crippen LogP contribution in [-0.2, 0) is 17.9 Å². The van der Waals surface area contributed by atoms with E-state index in [0.717, 1.165) is 17.3 Å². The Labute approximate surface area is 198 Å². The zero-order valence-electron chi connectivity index (χ0n) is 17.1. The van der Waals surface area contributed by atoms with Crippen LogP contribution < -0.4 is 4.74 Å². The lowest BCUT2D eigenvalue weighted by Gasteiger charge is -2.13. The topological polar surface area (TPSA) is 89.7 Å². The van der Waals surface area contributed by atoms with E-state index in [2.05, 4.69) is 0 Å². The number of imide groups is 1. The van der Waals surface area contributed by atoms with Crippen LogP contribution in [0.4, 0.5) is 10.5 Å². The van der Waals surface area contributed by atoms with Crippen molar-refractivity contribution in [3.63, 3.8) is 0 Å². The molecule has 1 aliphatic heterocycles. The summed E-state index contributed by atoms with van der Waals surface area (Å²) in [5.41, 5.74) is 2.21. The molecule has 1 heterocycles. The van der Waals surface area contributed by atoms with E-state index in [4.69, 9.17) is 16.3 Å². The van der Waals surface area contributed by atoms with Gasteiger partial charge in [-0.1, -0.05) is 41.9 Å². The normalized spacial score (nSPS) is 14.7. The molecule has 9 heteroatoms. The summed E-state index contributed by atoms with van der Waals surface area (Å²) < 4.78 is 5.78. The minimum Gasteiger partial charge on any atom is -0.489 e. The standard InChI is InChI=1S/C24H17ClN2O5S/c25-21-7-2-1-5-18(21)14-26-23(28)22(33-24(26)29)13-17-4-3-6-20(12-17)32-15-16-8-10-19(11-9-16)27(30)31/h1-13H,14-15H2/b22-13-. The van der Waals surface area contributed by atoms with Gasteiger partial charge in [0.2, 0.25) is 0 Å². The quantitative estimate of drug-likeness (QED) is 0.232. The second kappa shape index (κ2) is 9.89. The van der Waals surface area contributed by atoms with Gasteiger partial charge in [0, 0.05) is 17.2 Å². The number of carbonyl (C=O) groups excluding carboxylic acids is 2. The second-order valence-electron chi connectivity index (χ2n) is 7.14. The second-order valence-corrected chi connectivity index (χ2v) is 8.54.